The number of nitrogens with zero attached hydrogens (tertiary/aromatic N) is 3. The zero-order chi connectivity index (χ0) is 31.4. The number of rotatable bonds is 0. The Labute approximate surface area is 264 Å². The number of likely N-dealkylation sites (N-methyl/N-ethyl adjacent to an activating group) is 1. The number of halogens is 1. The normalized spacial score (nSPS) is 20.5. The van der Waals surface area contributed by atoms with Crippen LogP contribution in [0.4, 0.5) is 0 Å². The van der Waals surface area contributed by atoms with Gasteiger partial charge in [-0.15, -0.1) is 0 Å². The molecule has 7 heteroatoms. The maximum Gasteiger partial charge on any atom is 0.999 e. The molecule has 0 N–H and O–H groups in total. The summed E-state index contributed by atoms with van der Waals surface area (Å²) in [5.41, 5.74) is 6.19. The van der Waals surface area contributed by atoms with Gasteiger partial charge in [-0.3, -0.25) is 9.98 Å². The van der Waals surface area contributed by atoms with Crippen molar-refractivity contribution in [1.29, 1.82) is 0 Å². The summed E-state index contributed by atoms with van der Waals surface area (Å²) in [6, 6.07) is 9.07. The Morgan fingerprint density at radius 2 is 1.00 bits per heavy atom. The fourth-order valence-corrected chi connectivity index (χ4v) is 7.03. The summed E-state index contributed by atoms with van der Waals surface area (Å²) in [4.78, 5) is 12.6. The highest BCUT2D eigenvalue weighted by atomic mass is 35.6. The average Bonchev–Trinajstić information content (AvgIpc) is 3.18. The van der Waals surface area contributed by atoms with Crippen molar-refractivity contribution in [2.45, 2.75) is 117 Å². The van der Waals surface area contributed by atoms with E-state index in [9.17, 15) is 0 Å². The molecular weight excluding hydrogens is 557 g/mol. The van der Waals surface area contributed by atoms with E-state index in [4.69, 9.17) is 27.6 Å². The number of likely N-dealkylation sites (tertiary alicyclic amines) is 1. The molecule has 4 rings (SSSR count). The highest BCUT2D eigenvalue weighted by Crippen LogP contribution is 2.41. The molecule has 42 heavy (non-hydrogen) atoms. The molecule has 2 atom stereocenters. The van der Waals surface area contributed by atoms with Crippen LogP contribution in [0.3, 0.4) is 0 Å². The molecule has 0 unspecified atom stereocenters. The molecule has 0 bridgehead atoms. The average molecular weight is 608 g/mol. The monoisotopic (exact) mass is 607 g/mol. The highest BCUT2D eigenvalue weighted by molar-refractivity contribution is 7.00. The maximum atomic E-state index is 7.13. The van der Waals surface area contributed by atoms with E-state index in [1.165, 1.54) is 11.1 Å². The van der Waals surface area contributed by atoms with Crippen LogP contribution >= 0.6 is 10.0 Å². The lowest BCUT2D eigenvalue weighted by atomic mass is 9.79. The third-order valence-electron chi connectivity index (χ3n) is 8.26. The molecule has 5 nitrogen and oxygen atoms in total. The number of hydrogen-bond donors (Lipinski definition) is 0. The smallest absolute Gasteiger partial charge is 0.599 e. The lowest BCUT2D eigenvalue weighted by Gasteiger charge is -2.31. The molecule has 0 spiro atoms. The molecule has 2 aliphatic rings. The largest absolute Gasteiger partial charge is 0.999 e. The van der Waals surface area contributed by atoms with Crippen molar-refractivity contribution in [2.75, 3.05) is 20.1 Å². The van der Waals surface area contributed by atoms with Gasteiger partial charge in [0.1, 0.15) is 0 Å². The molecule has 1 saturated heterocycles. The minimum atomic E-state index is -2.75. The first kappa shape index (κ1) is 33.1. The molecule has 2 aromatic carbocycles. The zero-order valence-electron chi connectivity index (χ0n) is 28.1. The van der Waals surface area contributed by atoms with Gasteiger partial charge >= 0.3 is 13.9 Å². The lowest BCUT2D eigenvalue weighted by molar-refractivity contribution is 0.408. The van der Waals surface area contributed by atoms with Crippen LogP contribution < -0.4 is 7.58 Å². The second kappa shape index (κ2) is 11.6. The maximum absolute atomic E-state index is 7.13. The standard InChI is InChI=1S/C35H53N3O2.Al.ClH/c1-32(2,3)24-14-22(30(39)26(16-24)34(7,8)9)18-36-28-20-38(13)21-29(28)37-19-23-15-25(33(4,5)6)17-27(31(23)40)35(10,11)12;;/h14-19,28-29,39-40H,20-21H2,1-13H3;;1H/q;+3;/p-3/t28-,29-;;/m1../s1. The third-order valence-corrected chi connectivity index (χ3v) is 9.63. The fraction of sp³-hybridized carbons (Fsp3) is 0.600. The van der Waals surface area contributed by atoms with Gasteiger partial charge in [0, 0.05) is 36.6 Å². The molecule has 228 valence electrons. The van der Waals surface area contributed by atoms with Crippen LogP contribution in [-0.4, -0.2) is 63.4 Å². The van der Waals surface area contributed by atoms with Crippen molar-refractivity contribution in [3.05, 3.63) is 57.6 Å². The van der Waals surface area contributed by atoms with Gasteiger partial charge in [0.15, 0.2) is 0 Å². The molecule has 0 saturated carbocycles. The van der Waals surface area contributed by atoms with Crippen molar-refractivity contribution < 1.29 is 7.58 Å². The van der Waals surface area contributed by atoms with E-state index in [0.29, 0.717) is 0 Å². The number of aliphatic imine (C=N–C) groups is 2. The van der Waals surface area contributed by atoms with Gasteiger partial charge in [0.25, 0.3) is 0 Å². The summed E-state index contributed by atoms with van der Waals surface area (Å²) in [7, 11) is 9.27. The van der Waals surface area contributed by atoms with Crippen molar-refractivity contribution in [3.63, 3.8) is 0 Å². The van der Waals surface area contributed by atoms with Crippen molar-refractivity contribution in [3.8, 4) is 11.5 Å². The Kier molecular flexibility index (Phi) is 9.12. The van der Waals surface area contributed by atoms with E-state index in [2.05, 4.69) is 119 Å². The predicted octanol–water partition coefficient (Wildman–Crippen LogP) is 8.09. The van der Waals surface area contributed by atoms with Gasteiger partial charge < -0.3 is 12.5 Å². The van der Waals surface area contributed by atoms with Gasteiger partial charge in [-0.05, 0) is 63.1 Å². The molecule has 2 aliphatic heterocycles. The number of fused-ring (bicyclic) bond motifs is 3. The predicted molar refractivity (Wildman–Crippen MR) is 181 cm³/mol. The molecule has 2 heterocycles. The van der Waals surface area contributed by atoms with Crippen LogP contribution in [-0.2, 0) is 21.7 Å². The molecule has 2 aromatic rings. The summed E-state index contributed by atoms with van der Waals surface area (Å²) in [5.74, 6) is 1.55. The van der Waals surface area contributed by atoms with Gasteiger partial charge in [0.05, 0.1) is 23.6 Å². The van der Waals surface area contributed by atoms with Crippen LogP contribution in [0.1, 0.15) is 116 Å². The third kappa shape index (κ3) is 7.44. The Morgan fingerprint density at radius 1 is 0.643 bits per heavy atom. The lowest BCUT2D eigenvalue weighted by Crippen LogP contribution is -2.29. The summed E-state index contributed by atoms with van der Waals surface area (Å²) >= 11 is -2.75. The second-order valence-electron chi connectivity index (χ2n) is 16.3. The first-order chi connectivity index (χ1) is 19.1. The minimum Gasteiger partial charge on any atom is -0.599 e. The van der Waals surface area contributed by atoms with E-state index in [0.717, 1.165) is 46.8 Å². The van der Waals surface area contributed by atoms with Gasteiger partial charge in [-0.25, -0.2) is 0 Å². The Balaban J connectivity index is 1.99. The van der Waals surface area contributed by atoms with Gasteiger partial charge in [0.2, 0.25) is 0 Å². The van der Waals surface area contributed by atoms with E-state index in [1.54, 1.807) is 0 Å². The van der Waals surface area contributed by atoms with Crippen LogP contribution in [0.25, 0.3) is 0 Å². The topological polar surface area (TPSA) is 46.4 Å². The van der Waals surface area contributed by atoms with E-state index in [1.807, 2.05) is 12.4 Å². The molecule has 0 radical (unpaired) electrons. The molecular formula is C35H51AlClN3O2. The van der Waals surface area contributed by atoms with Crippen molar-refractivity contribution >= 4 is 36.4 Å². The van der Waals surface area contributed by atoms with E-state index in [-0.39, 0.29) is 33.7 Å². The van der Waals surface area contributed by atoms with Gasteiger partial charge in [-0.1, -0.05) is 95.2 Å². The van der Waals surface area contributed by atoms with Crippen molar-refractivity contribution in [1.82, 2.24) is 4.90 Å². The summed E-state index contributed by atoms with van der Waals surface area (Å²) in [5, 5.41) is 0. The highest BCUT2D eigenvalue weighted by Gasteiger charge is 2.38. The van der Waals surface area contributed by atoms with Crippen LogP contribution in [0.15, 0.2) is 34.3 Å². The van der Waals surface area contributed by atoms with Crippen LogP contribution in [0, 0.1) is 0 Å². The Morgan fingerprint density at radius 3 is 1.31 bits per heavy atom. The summed E-state index contributed by atoms with van der Waals surface area (Å²) in [6.07, 6.45) is 3.99. The SMILES string of the molecule is CN1C[C@H]2N=Cc3cc(C(C)(C)C)cc(C(C)(C)C)c3[O][Al]([Cl])[O]c3c(cc(C(C)(C)C)cc3C(C)(C)C)C=N[C@@H]2C1. The molecule has 0 amide bonds. The summed E-state index contributed by atoms with van der Waals surface area (Å²) < 4.78 is 13.5. The van der Waals surface area contributed by atoms with Crippen LogP contribution in [0.2, 0.25) is 0 Å². The Hall–Kier alpha value is -1.84. The number of benzene rings is 2. The van der Waals surface area contributed by atoms with E-state index >= 15 is 0 Å². The minimum absolute atomic E-state index is 0.0377. The molecule has 1 fully saturated rings. The van der Waals surface area contributed by atoms with Gasteiger partial charge in [-0.2, -0.15) is 10.0 Å². The number of hydrogen-bond acceptors (Lipinski definition) is 5. The quantitative estimate of drug-likeness (QED) is 0.284. The zero-order valence-corrected chi connectivity index (χ0v) is 30.1. The van der Waals surface area contributed by atoms with Crippen LogP contribution in [0.5, 0.6) is 11.5 Å². The fourth-order valence-electron chi connectivity index (χ4n) is 5.55. The van der Waals surface area contributed by atoms with E-state index < -0.39 is 13.9 Å². The molecule has 0 aliphatic carbocycles. The van der Waals surface area contributed by atoms with Crippen molar-refractivity contribution in [2.24, 2.45) is 9.98 Å². The first-order valence-corrected chi connectivity index (χ1v) is 17.9. The molecule has 0 aromatic heterocycles. The Bertz CT molecular complexity index is 1270. The second-order valence-corrected chi connectivity index (χ2v) is 18.4. The first-order valence-electron chi connectivity index (χ1n) is 15.2. The summed E-state index contributed by atoms with van der Waals surface area (Å²) in [6.45, 7) is 28.5.